The third-order valence-electron chi connectivity index (χ3n) is 5.36. The summed E-state index contributed by atoms with van der Waals surface area (Å²) < 4.78 is 25.6. The number of hydrogen-bond donors (Lipinski definition) is 1. The fourth-order valence-corrected chi connectivity index (χ4v) is 6.41. The Labute approximate surface area is 186 Å². The predicted molar refractivity (Wildman–Crippen MR) is 126 cm³/mol. The van der Waals surface area contributed by atoms with E-state index < -0.39 is 10.0 Å². The molecule has 2 aromatic heterocycles. The lowest BCUT2D eigenvalue weighted by Crippen LogP contribution is -2.24. The molecule has 0 saturated carbocycles. The summed E-state index contributed by atoms with van der Waals surface area (Å²) in [6.07, 6.45) is 0.630. The maximum atomic E-state index is 13.0. The highest BCUT2D eigenvalue weighted by Crippen LogP contribution is 2.34. The molecular weight excluding hydrogens is 432 g/mol. The maximum absolute atomic E-state index is 13.0. The highest BCUT2D eigenvalue weighted by Gasteiger charge is 2.28. The van der Waals surface area contributed by atoms with Crippen LogP contribution in [0, 0.1) is 13.8 Å². The number of carbonyl (C=O) groups excluding carboxylic acids is 1. The molecule has 4 rings (SSSR count). The van der Waals surface area contributed by atoms with Gasteiger partial charge in [-0.25, -0.2) is 18.4 Å². The van der Waals surface area contributed by atoms with Gasteiger partial charge < -0.3 is 5.32 Å². The lowest BCUT2D eigenvalue weighted by Gasteiger charge is -2.17. The van der Waals surface area contributed by atoms with E-state index in [4.69, 9.17) is 4.98 Å². The molecule has 7 nitrogen and oxygen atoms in total. The van der Waals surface area contributed by atoms with E-state index in [0.29, 0.717) is 29.2 Å². The predicted octanol–water partition coefficient (Wildman–Crippen LogP) is 4.40. The third kappa shape index (κ3) is 4.04. The van der Waals surface area contributed by atoms with Crippen LogP contribution in [0.1, 0.15) is 53.9 Å². The van der Waals surface area contributed by atoms with Crippen molar-refractivity contribution in [1.29, 1.82) is 0 Å². The summed E-state index contributed by atoms with van der Waals surface area (Å²) in [7, 11) is -3.22. The Hall–Kier alpha value is -2.52. The lowest BCUT2D eigenvalue weighted by atomic mass is 9.95. The second kappa shape index (κ2) is 7.56. The van der Waals surface area contributed by atoms with E-state index in [2.05, 4.69) is 31.1 Å². The van der Waals surface area contributed by atoms with Gasteiger partial charge in [0.15, 0.2) is 0 Å². The van der Waals surface area contributed by atoms with Crippen molar-refractivity contribution in [3.8, 4) is 0 Å². The average Bonchev–Trinajstić information content (AvgIpc) is 3.21. The number of anilines is 2. The van der Waals surface area contributed by atoms with Gasteiger partial charge in [-0.3, -0.25) is 9.10 Å². The summed E-state index contributed by atoms with van der Waals surface area (Å²) in [4.78, 5) is 23.8. The van der Waals surface area contributed by atoms with E-state index in [0.717, 1.165) is 27.3 Å². The number of aryl methyl sites for hydroxylation is 2. The van der Waals surface area contributed by atoms with Crippen LogP contribution in [0.4, 0.5) is 11.4 Å². The molecule has 1 N–H and O–H groups in total. The van der Waals surface area contributed by atoms with Crippen LogP contribution >= 0.6 is 11.3 Å². The summed E-state index contributed by atoms with van der Waals surface area (Å²) in [6.45, 7) is 10.6. The summed E-state index contributed by atoms with van der Waals surface area (Å²) >= 11 is 1.37. The quantitative estimate of drug-likeness (QED) is 0.628. The van der Waals surface area contributed by atoms with Crippen LogP contribution in [0.5, 0.6) is 0 Å². The Morgan fingerprint density at radius 1 is 1.13 bits per heavy atom. The smallest absolute Gasteiger partial charge is 0.266 e. The van der Waals surface area contributed by atoms with Crippen LogP contribution in [0.25, 0.3) is 10.2 Å². The van der Waals surface area contributed by atoms with Crippen LogP contribution in [-0.4, -0.2) is 36.6 Å². The molecule has 1 fully saturated rings. The van der Waals surface area contributed by atoms with Gasteiger partial charge in [-0.05, 0) is 50.1 Å². The number of nitrogens with one attached hydrogen (secondary N) is 1. The number of amides is 1. The molecule has 31 heavy (non-hydrogen) atoms. The van der Waals surface area contributed by atoms with Gasteiger partial charge in [-0.15, -0.1) is 11.3 Å². The highest BCUT2D eigenvalue weighted by atomic mass is 32.2. The minimum atomic E-state index is -3.22. The van der Waals surface area contributed by atoms with Gasteiger partial charge in [0.05, 0.1) is 22.0 Å². The summed E-state index contributed by atoms with van der Waals surface area (Å²) in [5, 5.41) is 3.85. The molecule has 1 saturated heterocycles. The number of fused-ring (bicyclic) bond motifs is 1. The molecule has 1 aromatic carbocycles. The molecule has 1 amide bonds. The number of hydrogen-bond acceptors (Lipinski definition) is 6. The lowest BCUT2D eigenvalue weighted by molar-refractivity contribution is 0.103. The molecule has 0 bridgehead atoms. The molecule has 9 heteroatoms. The van der Waals surface area contributed by atoms with Gasteiger partial charge in [-0.1, -0.05) is 20.8 Å². The molecule has 3 aromatic rings. The van der Waals surface area contributed by atoms with Crippen molar-refractivity contribution in [2.45, 2.75) is 46.5 Å². The van der Waals surface area contributed by atoms with Crippen LogP contribution in [0.15, 0.2) is 24.3 Å². The van der Waals surface area contributed by atoms with Gasteiger partial charge in [0.25, 0.3) is 5.91 Å². The zero-order valence-corrected chi connectivity index (χ0v) is 19.9. The second-order valence-corrected chi connectivity index (χ2v) is 11.9. The molecule has 3 heterocycles. The van der Waals surface area contributed by atoms with Crippen molar-refractivity contribution in [3.63, 3.8) is 0 Å². The first-order valence-electron chi connectivity index (χ1n) is 10.2. The van der Waals surface area contributed by atoms with E-state index in [1.54, 1.807) is 24.3 Å². The Balaban J connectivity index is 1.60. The van der Waals surface area contributed by atoms with Crippen molar-refractivity contribution in [2.75, 3.05) is 21.9 Å². The highest BCUT2D eigenvalue weighted by molar-refractivity contribution is 7.93. The molecule has 0 spiro atoms. The number of carbonyl (C=O) groups is 1. The number of nitrogens with zero attached hydrogens (tertiary/aromatic N) is 3. The van der Waals surface area contributed by atoms with Crippen LogP contribution < -0.4 is 9.62 Å². The number of benzene rings is 1. The van der Waals surface area contributed by atoms with E-state index >= 15 is 0 Å². The number of rotatable bonds is 3. The second-order valence-electron chi connectivity index (χ2n) is 8.86. The number of thiophene rings is 1. The standard InChI is InChI=1S/C22H26N4O3S2/c1-13-17-14(2)23-21(22(3,4)5)25-20(17)30-18(13)19(27)24-15-7-9-16(10-8-15)26-11-6-12-31(26,28)29/h7-10H,6,11-12H2,1-5H3,(H,24,27). The first kappa shape index (κ1) is 21.7. The minimum absolute atomic E-state index is 0.177. The summed E-state index contributed by atoms with van der Waals surface area (Å²) in [5.74, 6) is 0.729. The average molecular weight is 459 g/mol. The number of sulfonamides is 1. The zero-order chi connectivity index (χ0) is 22.6. The number of aromatic nitrogens is 2. The van der Waals surface area contributed by atoms with Crippen LogP contribution in [0.2, 0.25) is 0 Å². The first-order chi connectivity index (χ1) is 14.5. The molecule has 0 unspecified atom stereocenters. The Morgan fingerprint density at radius 3 is 2.39 bits per heavy atom. The fraction of sp³-hybridized carbons (Fsp3) is 0.409. The molecule has 0 aliphatic carbocycles. The molecule has 164 valence electrons. The van der Waals surface area contributed by atoms with E-state index in [-0.39, 0.29) is 17.1 Å². The molecular formula is C22H26N4O3S2. The minimum Gasteiger partial charge on any atom is -0.321 e. The summed E-state index contributed by atoms with van der Waals surface area (Å²) in [5.41, 5.74) is 2.80. The van der Waals surface area contributed by atoms with Crippen molar-refractivity contribution in [2.24, 2.45) is 0 Å². The Bertz CT molecular complexity index is 1270. The zero-order valence-electron chi connectivity index (χ0n) is 18.3. The van der Waals surface area contributed by atoms with E-state index in [9.17, 15) is 13.2 Å². The van der Waals surface area contributed by atoms with Crippen LogP contribution in [-0.2, 0) is 15.4 Å². The van der Waals surface area contributed by atoms with Crippen molar-refractivity contribution in [1.82, 2.24) is 9.97 Å². The van der Waals surface area contributed by atoms with Crippen molar-refractivity contribution in [3.05, 3.63) is 46.2 Å². The van der Waals surface area contributed by atoms with Crippen molar-refractivity contribution >= 4 is 48.9 Å². The molecule has 0 atom stereocenters. The largest absolute Gasteiger partial charge is 0.321 e. The monoisotopic (exact) mass is 458 g/mol. The van der Waals surface area contributed by atoms with E-state index in [1.807, 2.05) is 13.8 Å². The first-order valence-corrected chi connectivity index (χ1v) is 12.6. The van der Waals surface area contributed by atoms with Gasteiger partial charge in [-0.2, -0.15) is 0 Å². The Kier molecular flexibility index (Phi) is 5.29. The topological polar surface area (TPSA) is 92.3 Å². The van der Waals surface area contributed by atoms with Gasteiger partial charge in [0, 0.05) is 23.0 Å². The third-order valence-corrected chi connectivity index (χ3v) is 8.41. The van der Waals surface area contributed by atoms with Gasteiger partial charge in [0.1, 0.15) is 10.7 Å². The van der Waals surface area contributed by atoms with Crippen molar-refractivity contribution < 1.29 is 13.2 Å². The SMILES string of the molecule is Cc1nc(C(C)(C)C)nc2sc(C(=O)Nc3ccc(N4CCCS4(=O)=O)cc3)c(C)c12. The maximum Gasteiger partial charge on any atom is 0.266 e. The normalized spacial score (nSPS) is 16.1. The van der Waals surface area contributed by atoms with Gasteiger partial charge in [0.2, 0.25) is 10.0 Å². The summed E-state index contributed by atoms with van der Waals surface area (Å²) in [6, 6.07) is 6.90. The molecule has 1 aliphatic heterocycles. The van der Waals surface area contributed by atoms with E-state index in [1.165, 1.54) is 15.6 Å². The van der Waals surface area contributed by atoms with Crippen LogP contribution in [0.3, 0.4) is 0 Å². The van der Waals surface area contributed by atoms with Gasteiger partial charge >= 0.3 is 0 Å². The fourth-order valence-electron chi connectivity index (χ4n) is 3.72. The molecule has 1 aliphatic rings. The Morgan fingerprint density at radius 2 is 1.81 bits per heavy atom. The molecule has 0 radical (unpaired) electrons.